The van der Waals surface area contributed by atoms with Crippen LogP contribution in [0.25, 0.3) is 0 Å². The first-order valence-electron chi connectivity index (χ1n) is 5.34. The van der Waals surface area contributed by atoms with Crippen molar-refractivity contribution in [2.45, 2.75) is 13.0 Å². The molecule has 1 atom stereocenters. The van der Waals surface area contributed by atoms with E-state index in [9.17, 15) is 5.11 Å². The minimum atomic E-state index is -0.554. The minimum absolute atomic E-state index is 0.348. The largest absolute Gasteiger partial charge is 0.437 e. The van der Waals surface area contributed by atoms with Crippen LogP contribution in [-0.4, -0.2) is 10.1 Å². The van der Waals surface area contributed by atoms with Crippen LogP contribution in [0.5, 0.6) is 11.6 Å². The normalized spacial score (nSPS) is 12.2. The summed E-state index contributed by atoms with van der Waals surface area (Å²) in [6, 6.07) is 8.54. The summed E-state index contributed by atoms with van der Waals surface area (Å²) in [6.45, 7) is 1.67. The van der Waals surface area contributed by atoms with E-state index < -0.39 is 6.10 Å². The third-order valence-corrected chi connectivity index (χ3v) is 3.17. The molecule has 2 aromatic rings. The maximum Gasteiger partial charge on any atom is 0.219 e. The highest BCUT2D eigenvalue weighted by Gasteiger charge is 2.08. The molecule has 0 saturated heterocycles. The van der Waals surface area contributed by atoms with Gasteiger partial charge in [-0.2, -0.15) is 0 Å². The molecule has 0 radical (unpaired) electrons. The van der Waals surface area contributed by atoms with Crippen molar-refractivity contribution in [2.75, 3.05) is 0 Å². The Bertz CT molecular complexity index is 541. The Morgan fingerprint density at radius 2 is 2.00 bits per heavy atom. The molecule has 5 heteroatoms. The highest BCUT2D eigenvalue weighted by molar-refractivity contribution is 6.42. The smallest absolute Gasteiger partial charge is 0.219 e. The van der Waals surface area contributed by atoms with Gasteiger partial charge in [-0.15, -0.1) is 0 Å². The van der Waals surface area contributed by atoms with Crippen LogP contribution in [0.15, 0.2) is 36.5 Å². The fourth-order valence-electron chi connectivity index (χ4n) is 1.37. The SMILES string of the molecule is C[C@@H](O)c1ccc(Oc2cccc(Cl)c2Cl)nc1. The van der Waals surface area contributed by atoms with Gasteiger partial charge in [0.25, 0.3) is 0 Å². The van der Waals surface area contributed by atoms with Crippen molar-refractivity contribution in [1.29, 1.82) is 0 Å². The van der Waals surface area contributed by atoms with E-state index in [1.807, 2.05) is 0 Å². The molecule has 0 amide bonds. The number of rotatable bonds is 3. The van der Waals surface area contributed by atoms with E-state index in [1.165, 1.54) is 0 Å². The standard InChI is InChI=1S/C13H11Cl2NO2/c1-8(17)9-5-6-12(16-7-9)18-11-4-2-3-10(14)13(11)15/h2-8,17H,1H3/t8-/m1/s1. The van der Waals surface area contributed by atoms with Gasteiger partial charge in [-0.1, -0.05) is 29.3 Å². The van der Waals surface area contributed by atoms with Crippen molar-refractivity contribution in [3.63, 3.8) is 0 Å². The molecule has 0 saturated carbocycles. The van der Waals surface area contributed by atoms with E-state index in [2.05, 4.69) is 4.98 Å². The lowest BCUT2D eigenvalue weighted by molar-refractivity contribution is 0.198. The fraction of sp³-hybridized carbons (Fsp3) is 0.154. The molecule has 18 heavy (non-hydrogen) atoms. The molecule has 94 valence electrons. The summed E-state index contributed by atoms with van der Waals surface area (Å²) in [6.07, 6.45) is 1.000. The Morgan fingerprint density at radius 1 is 1.22 bits per heavy atom. The van der Waals surface area contributed by atoms with Gasteiger partial charge < -0.3 is 9.84 Å². The molecule has 3 nitrogen and oxygen atoms in total. The molecule has 0 aliphatic carbocycles. The Morgan fingerprint density at radius 3 is 2.61 bits per heavy atom. The van der Waals surface area contributed by atoms with Crippen molar-refractivity contribution >= 4 is 23.2 Å². The van der Waals surface area contributed by atoms with Crippen molar-refractivity contribution in [3.8, 4) is 11.6 Å². The van der Waals surface area contributed by atoms with Gasteiger partial charge in [-0.05, 0) is 30.7 Å². The summed E-state index contributed by atoms with van der Waals surface area (Å²) in [5, 5.41) is 10.1. The summed E-state index contributed by atoms with van der Waals surface area (Å²) >= 11 is 11.9. The Balaban J connectivity index is 2.21. The molecule has 2 rings (SSSR count). The third kappa shape index (κ3) is 2.93. The Labute approximate surface area is 115 Å². The summed E-state index contributed by atoms with van der Waals surface area (Å²) in [4.78, 5) is 4.08. The van der Waals surface area contributed by atoms with Gasteiger partial charge in [-0.25, -0.2) is 4.98 Å². The third-order valence-electron chi connectivity index (χ3n) is 2.37. The molecule has 0 aliphatic rings. The first-order chi connectivity index (χ1) is 8.58. The van der Waals surface area contributed by atoms with Crippen molar-refractivity contribution < 1.29 is 9.84 Å². The summed E-state index contributed by atoms with van der Waals surface area (Å²) < 4.78 is 5.52. The van der Waals surface area contributed by atoms with E-state index in [0.29, 0.717) is 21.7 Å². The minimum Gasteiger partial charge on any atom is -0.437 e. The van der Waals surface area contributed by atoms with E-state index in [0.717, 1.165) is 5.56 Å². The number of hydrogen-bond donors (Lipinski definition) is 1. The molecule has 0 fully saturated rings. The lowest BCUT2D eigenvalue weighted by Crippen LogP contribution is -1.94. The number of ether oxygens (including phenoxy) is 1. The van der Waals surface area contributed by atoms with Gasteiger partial charge in [-0.3, -0.25) is 0 Å². The van der Waals surface area contributed by atoms with E-state index in [-0.39, 0.29) is 0 Å². The molecule has 0 spiro atoms. The van der Waals surface area contributed by atoms with Crippen LogP contribution < -0.4 is 4.74 Å². The highest BCUT2D eigenvalue weighted by atomic mass is 35.5. The summed E-state index contributed by atoms with van der Waals surface area (Å²) in [5.74, 6) is 0.838. The predicted octanol–water partition coefficient (Wildman–Crippen LogP) is 4.23. The number of aromatic nitrogens is 1. The van der Waals surface area contributed by atoms with Gasteiger partial charge in [0.1, 0.15) is 10.8 Å². The first kappa shape index (κ1) is 13.1. The molecule has 1 aromatic carbocycles. The van der Waals surface area contributed by atoms with Crippen LogP contribution in [0.1, 0.15) is 18.6 Å². The molecule has 1 aromatic heterocycles. The van der Waals surface area contributed by atoms with E-state index in [4.69, 9.17) is 27.9 Å². The number of aliphatic hydroxyl groups is 1. The fourth-order valence-corrected chi connectivity index (χ4v) is 1.71. The average Bonchev–Trinajstić information content (AvgIpc) is 2.36. The van der Waals surface area contributed by atoms with Crippen LogP contribution in [0, 0.1) is 0 Å². The maximum absolute atomic E-state index is 9.37. The maximum atomic E-state index is 9.37. The molecule has 0 aliphatic heterocycles. The second kappa shape index (κ2) is 5.57. The average molecular weight is 284 g/mol. The van der Waals surface area contributed by atoms with Gasteiger partial charge in [0.2, 0.25) is 5.88 Å². The quantitative estimate of drug-likeness (QED) is 0.916. The van der Waals surface area contributed by atoms with Gasteiger partial charge in [0.05, 0.1) is 11.1 Å². The predicted molar refractivity (Wildman–Crippen MR) is 71.4 cm³/mol. The van der Waals surface area contributed by atoms with E-state index in [1.54, 1.807) is 43.5 Å². The zero-order valence-corrected chi connectivity index (χ0v) is 11.1. The van der Waals surface area contributed by atoms with Gasteiger partial charge >= 0.3 is 0 Å². The van der Waals surface area contributed by atoms with Crippen molar-refractivity contribution in [1.82, 2.24) is 4.98 Å². The lowest BCUT2D eigenvalue weighted by atomic mass is 10.2. The molecule has 0 unspecified atom stereocenters. The van der Waals surface area contributed by atoms with Crippen molar-refractivity contribution in [2.24, 2.45) is 0 Å². The first-order valence-corrected chi connectivity index (χ1v) is 6.09. The number of aliphatic hydroxyl groups excluding tert-OH is 1. The number of hydrogen-bond acceptors (Lipinski definition) is 3. The summed E-state index contributed by atoms with van der Waals surface area (Å²) in [5.41, 5.74) is 0.722. The molecule has 1 heterocycles. The van der Waals surface area contributed by atoms with Gasteiger partial charge in [0, 0.05) is 12.3 Å². The number of halogens is 2. The number of nitrogens with zero attached hydrogens (tertiary/aromatic N) is 1. The molecule has 1 N–H and O–H groups in total. The number of benzene rings is 1. The second-order valence-electron chi connectivity index (χ2n) is 3.76. The van der Waals surface area contributed by atoms with Crippen LogP contribution in [0.3, 0.4) is 0 Å². The van der Waals surface area contributed by atoms with Crippen LogP contribution >= 0.6 is 23.2 Å². The topological polar surface area (TPSA) is 42.4 Å². The van der Waals surface area contributed by atoms with Crippen LogP contribution in [0.4, 0.5) is 0 Å². The van der Waals surface area contributed by atoms with Gasteiger partial charge in [0.15, 0.2) is 0 Å². The van der Waals surface area contributed by atoms with Crippen LogP contribution in [0.2, 0.25) is 10.0 Å². The molecule has 0 bridgehead atoms. The Kier molecular flexibility index (Phi) is 4.07. The molecular weight excluding hydrogens is 273 g/mol. The van der Waals surface area contributed by atoms with Crippen molar-refractivity contribution in [3.05, 3.63) is 52.1 Å². The Hall–Kier alpha value is -1.29. The van der Waals surface area contributed by atoms with Crippen LogP contribution in [-0.2, 0) is 0 Å². The van der Waals surface area contributed by atoms with E-state index >= 15 is 0 Å². The second-order valence-corrected chi connectivity index (χ2v) is 4.54. The lowest BCUT2D eigenvalue weighted by Gasteiger charge is -2.08. The zero-order valence-electron chi connectivity index (χ0n) is 9.60. The monoisotopic (exact) mass is 283 g/mol. The molecular formula is C13H11Cl2NO2. The highest BCUT2D eigenvalue weighted by Crippen LogP contribution is 2.34. The zero-order chi connectivity index (χ0) is 13.1. The summed E-state index contributed by atoms with van der Waals surface area (Å²) in [7, 11) is 0. The number of pyridine rings is 1.